The Labute approximate surface area is 200 Å². The van der Waals surface area contributed by atoms with Gasteiger partial charge in [-0.3, -0.25) is 9.87 Å². The second-order valence-electron chi connectivity index (χ2n) is 8.90. The number of methoxy groups -OCH3 is 1. The highest BCUT2D eigenvalue weighted by Crippen LogP contribution is 2.48. The molecule has 0 radical (unpaired) electrons. The minimum atomic E-state index is -4.33. The van der Waals surface area contributed by atoms with Gasteiger partial charge in [-0.2, -0.15) is 13.5 Å². The largest absolute Gasteiger partial charge is 0.497 e. The highest BCUT2D eigenvalue weighted by atomic mass is 35.5. The number of hydrogen-bond donors (Lipinski definition) is 2. The topological polar surface area (TPSA) is 106 Å². The first-order chi connectivity index (χ1) is 15.6. The fourth-order valence-corrected chi connectivity index (χ4v) is 6.51. The third kappa shape index (κ3) is 4.32. The Kier molecular flexibility index (Phi) is 6.61. The van der Waals surface area contributed by atoms with Crippen LogP contribution in [0.4, 0.5) is 5.82 Å². The number of nitrogens with zero attached hydrogens (tertiary/aromatic N) is 3. The van der Waals surface area contributed by atoms with Crippen molar-refractivity contribution < 1.29 is 17.7 Å². The van der Waals surface area contributed by atoms with Crippen molar-refractivity contribution in [1.82, 2.24) is 15.1 Å². The number of hydrogen-bond acceptors (Lipinski definition) is 6. The lowest BCUT2D eigenvalue weighted by molar-refractivity contribution is 0.135. The van der Waals surface area contributed by atoms with Gasteiger partial charge in [0.2, 0.25) is 0 Å². The minimum absolute atomic E-state index is 0.0529. The zero-order valence-electron chi connectivity index (χ0n) is 19.4. The maximum Gasteiger partial charge on any atom is 0.268 e. The van der Waals surface area contributed by atoms with Crippen LogP contribution in [0.1, 0.15) is 51.6 Å². The van der Waals surface area contributed by atoms with E-state index in [0.717, 1.165) is 48.9 Å². The van der Waals surface area contributed by atoms with E-state index in [4.69, 9.17) is 26.4 Å². The molecule has 1 aromatic carbocycles. The summed E-state index contributed by atoms with van der Waals surface area (Å²) in [5.74, 6) is 0.547. The second-order valence-corrected chi connectivity index (χ2v) is 10.8. The lowest BCUT2D eigenvalue weighted by Gasteiger charge is -2.44. The van der Waals surface area contributed by atoms with Crippen molar-refractivity contribution in [3.63, 3.8) is 0 Å². The molecule has 1 aliphatic carbocycles. The van der Waals surface area contributed by atoms with Crippen molar-refractivity contribution in [2.45, 2.75) is 64.6 Å². The summed E-state index contributed by atoms with van der Waals surface area (Å²) >= 11 is 6.62. The highest BCUT2D eigenvalue weighted by molar-refractivity contribution is 7.85. The predicted molar refractivity (Wildman–Crippen MR) is 130 cm³/mol. The number of benzene rings is 1. The molecule has 2 aromatic rings. The molecule has 2 unspecified atom stereocenters. The highest BCUT2D eigenvalue weighted by Gasteiger charge is 2.53. The molecule has 0 spiro atoms. The Balaban J connectivity index is 1.98. The summed E-state index contributed by atoms with van der Waals surface area (Å²) in [6, 6.07) is 5.48. The SMILES string of the molecule is CCC(CC)NC1(CS(=O)(=O)O)C2CCCC2=Nc2c(-c3ccc(OC)cc3Cl)c(C)nn21. The summed E-state index contributed by atoms with van der Waals surface area (Å²) in [6.45, 7) is 5.99. The van der Waals surface area contributed by atoms with E-state index in [1.54, 1.807) is 17.9 Å². The molecule has 0 bridgehead atoms. The molecule has 2 heterocycles. The summed E-state index contributed by atoms with van der Waals surface area (Å²) in [5, 5.41) is 8.91. The molecule has 2 atom stereocenters. The van der Waals surface area contributed by atoms with Gasteiger partial charge in [0.25, 0.3) is 10.1 Å². The number of rotatable bonds is 8. The van der Waals surface area contributed by atoms with Gasteiger partial charge in [-0.15, -0.1) is 0 Å². The van der Waals surface area contributed by atoms with Gasteiger partial charge in [-0.25, -0.2) is 9.67 Å². The van der Waals surface area contributed by atoms with E-state index in [-0.39, 0.29) is 12.0 Å². The number of nitrogens with one attached hydrogen (secondary N) is 1. The normalized spacial score (nSPS) is 22.3. The molecule has 8 nitrogen and oxygen atoms in total. The van der Waals surface area contributed by atoms with Gasteiger partial charge < -0.3 is 4.74 Å². The lowest BCUT2D eigenvalue weighted by atomic mass is 9.87. The van der Waals surface area contributed by atoms with Crippen molar-refractivity contribution >= 4 is 33.2 Å². The molecule has 180 valence electrons. The van der Waals surface area contributed by atoms with Crippen LogP contribution in [0.2, 0.25) is 5.02 Å². The maximum absolute atomic E-state index is 12.3. The van der Waals surface area contributed by atoms with Gasteiger partial charge in [-0.05, 0) is 57.2 Å². The van der Waals surface area contributed by atoms with Crippen LogP contribution in [-0.2, 0) is 15.8 Å². The molecule has 0 amide bonds. The monoisotopic (exact) mass is 494 g/mol. The van der Waals surface area contributed by atoms with Gasteiger partial charge in [-0.1, -0.05) is 25.4 Å². The van der Waals surface area contributed by atoms with Crippen molar-refractivity contribution in [1.29, 1.82) is 0 Å². The Morgan fingerprint density at radius 2 is 2.09 bits per heavy atom. The standard InChI is InChI=1S/C23H31ClN4O4S/c1-5-15(6-2)26-23(13-33(29,30)31)18-8-7-9-20(18)25-22-21(14(3)27-28(22)23)17-11-10-16(32-4)12-19(17)24/h10-12,15,18,26H,5-9,13H2,1-4H3,(H,29,30,31). The van der Waals surface area contributed by atoms with Crippen LogP contribution in [0.5, 0.6) is 5.75 Å². The third-order valence-electron chi connectivity index (χ3n) is 6.86. The Morgan fingerprint density at radius 1 is 1.36 bits per heavy atom. The molecular weight excluding hydrogens is 464 g/mol. The van der Waals surface area contributed by atoms with Crippen molar-refractivity contribution in [3.8, 4) is 16.9 Å². The quantitative estimate of drug-likeness (QED) is 0.514. The van der Waals surface area contributed by atoms with Crippen LogP contribution >= 0.6 is 11.6 Å². The summed E-state index contributed by atoms with van der Waals surface area (Å²) in [7, 11) is -2.75. The first-order valence-corrected chi connectivity index (χ1v) is 13.4. The number of fused-ring (bicyclic) bond motifs is 2. The van der Waals surface area contributed by atoms with Crippen LogP contribution in [0.3, 0.4) is 0 Å². The molecule has 4 rings (SSSR count). The van der Waals surface area contributed by atoms with Gasteiger partial charge in [0.1, 0.15) is 17.2 Å². The number of aromatic nitrogens is 2. The first kappa shape index (κ1) is 24.2. The average molecular weight is 495 g/mol. The van der Waals surface area contributed by atoms with E-state index in [2.05, 4.69) is 19.2 Å². The molecule has 10 heteroatoms. The molecule has 1 aliphatic heterocycles. The van der Waals surface area contributed by atoms with Crippen LogP contribution in [0.25, 0.3) is 11.1 Å². The maximum atomic E-state index is 12.3. The van der Waals surface area contributed by atoms with E-state index in [1.807, 2.05) is 19.1 Å². The van der Waals surface area contributed by atoms with E-state index in [1.165, 1.54) is 0 Å². The molecule has 0 saturated heterocycles. The molecule has 1 aromatic heterocycles. The molecule has 1 saturated carbocycles. The lowest BCUT2D eigenvalue weighted by Crippen LogP contribution is -2.62. The van der Waals surface area contributed by atoms with E-state index in [9.17, 15) is 13.0 Å². The number of halogens is 1. The number of aliphatic imine (C=N–C) groups is 1. The molecule has 33 heavy (non-hydrogen) atoms. The summed E-state index contributed by atoms with van der Waals surface area (Å²) in [6.07, 6.45) is 4.09. The Hall–Kier alpha value is -1.94. The van der Waals surface area contributed by atoms with E-state index >= 15 is 0 Å². The number of aryl methyl sites for hydroxylation is 1. The molecule has 2 aliphatic rings. The fraction of sp³-hybridized carbons (Fsp3) is 0.565. The van der Waals surface area contributed by atoms with Crippen LogP contribution in [0.15, 0.2) is 23.2 Å². The smallest absolute Gasteiger partial charge is 0.268 e. The zero-order chi connectivity index (χ0) is 24.0. The summed E-state index contributed by atoms with van der Waals surface area (Å²) < 4.78 is 41.7. The van der Waals surface area contributed by atoms with Crippen LogP contribution in [-0.4, -0.2) is 47.4 Å². The first-order valence-electron chi connectivity index (χ1n) is 11.4. The van der Waals surface area contributed by atoms with Crippen molar-refractivity contribution in [2.75, 3.05) is 12.9 Å². The van der Waals surface area contributed by atoms with Crippen molar-refractivity contribution in [3.05, 3.63) is 28.9 Å². The van der Waals surface area contributed by atoms with E-state index < -0.39 is 21.5 Å². The fourth-order valence-electron chi connectivity index (χ4n) is 5.29. The number of ether oxygens (including phenoxy) is 1. The Morgan fingerprint density at radius 3 is 2.70 bits per heavy atom. The van der Waals surface area contributed by atoms with Crippen molar-refractivity contribution in [2.24, 2.45) is 10.9 Å². The zero-order valence-corrected chi connectivity index (χ0v) is 21.0. The van der Waals surface area contributed by atoms with Gasteiger partial charge >= 0.3 is 0 Å². The average Bonchev–Trinajstić information content (AvgIpc) is 3.36. The molecular formula is C23H31ClN4O4S. The van der Waals surface area contributed by atoms with E-state index in [0.29, 0.717) is 22.3 Å². The second kappa shape index (κ2) is 9.02. The molecule has 2 N–H and O–H groups in total. The van der Waals surface area contributed by atoms with Gasteiger partial charge in [0.05, 0.1) is 23.4 Å². The minimum Gasteiger partial charge on any atom is -0.497 e. The summed E-state index contributed by atoms with van der Waals surface area (Å²) in [4.78, 5) is 4.98. The van der Waals surface area contributed by atoms with Crippen LogP contribution < -0.4 is 10.1 Å². The van der Waals surface area contributed by atoms with Crippen LogP contribution in [0, 0.1) is 12.8 Å². The van der Waals surface area contributed by atoms with Gasteiger partial charge in [0, 0.05) is 23.2 Å². The van der Waals surface area contributed by atoms with Gasteiger partial charge in [0.15, 0.2) is 5.82 Å². The third-order valence-corrected chi connectivity index (χ3v) is 7.97. The predicted octanol–water partition coefficient (Wildman–Crippen LogP) is 4.73. The Bertz CT molecular complexity index is 1190. The molecule has 1 fully saturated rings. The summed E-state index contributed by atoms with van der Waals surface area (Å²) in [5.41, 5.74) is 2.00.